The first-order valence-corrected chi connectivity index (χ1v) is 11.8. The molecule has 2 aromatic heterocycles. The van der Waals surface area contributed by atoms with Crippen molar-refractivity contribution in [2.45, 2.75) is 25.7 Å². The Morgan fingerprint density at radius 3 is 2.79 bits per heavy atom. The molecule has 3 rings (SSSR count). The van der Waals surface area contributed by atoms with E-state index in [-0.39, 0.29) is 18.1 Å². The first-order chi connectivity index (χ1) is 13.5. The highest BCUT2D eigenvalue weighted by Gasteiger charge is 2.58. The number of alkyl halides is 2. The standard InChI is InChI=1S/C17H19ClF2N3O4S2/c1-2-23(13(24)5-7-29(26,27)10-12-8-17(12,19)20)16-14(18)21-15(28-16)11-4-3-6-22(25)9-11/h3-4,6,9,12,25H,2,5,7-8,10H2,1H3/q+1. The summed E-state index contributed by atoms with van der Waals surface area (Å²) in [6, 6.07) is 3.32. The summed E-state index contributed by atoms with van der Waals surface area (Å²) in [6.07, 6.45) is 2.10. The van der Waals surface area contributed by atoms with Gasteiger partial charge in [-0.3, -0.25) is 10.0 Å². The van der Waals surface area contributed by atoms with Crippen LogP contribution in [0.15, 0.2) is 24.5 Å². The lowest BCUT2D eigenvalue weighted by atomic mass is 10.3. The zero-order valence-corrected chi connectivity index (χ0v) is 17.8. The van der Waals surface area contributed by atoms with Crippen molar-refractivity contribution in [2.24, 2.45) is 5.92 Å². The molecule has 158 valence electrons. The van der Waals surface area contributed by atoms with Crippen molar-refractivity contribution >= 4 is 43.7 Å². The summed E-state index contributed by atoms with van der Waals surface area (Å²) in [7, 11) is -3.76. The highest BCUT2D eigenvalue weighted by molar-refractivity contribution is 7.91. The molecule has 12 heteroatoms. The van der Waals surface area contributed by atoms with Gasteiger partial charge in [-0.1, -0.05) is 22.9 Å². The number of sulfone groups is 1. The Balaban J connectivity index is 1.70. The van der Waals surface area contributed by atoms with Crippen LogP contribution in [-0.2, 0) is 14.6 Å². The van der Waals surface area contributed by atoms with Crippen LogP contribution in [-0.4, -0.2) is 48.5 Å². The molecule has 0 saturated heterocycles. The number of thiazole rings is 1. The smallest absolute Gasteiger partial charge is 0.252 e. The molecular weight excluding hydrogens is 448 g/mol. The van der Waals surface area contributed by atoms with E-state index in [0.717, 1.165) is 16.1 Å². The third kappa shape index (κ3) is 5.20. The van der Waals surface area contributed by atoms with E-state index in [1.54, 1.807) is 19.1 Å². The second kappa shape index (κ2) is 8.11. The van der Waals surface area contributed by atoms with Gasteiger partial charge in [-0.2, -0.15) is 0 Å². The number of aromatic nitrogens is 2. The van der Waals surface area contributed by atoms with Crippen LogP contribution in [0.5, 0.6) is 0 Å². The largest absolute Gasteiger partial charge is 0.301 e. The highest BCUT2D eigenvalue weighted by Crippen LogP contribution is 2.49. The molecule has 0 bridgehead atoms. The van der Waals surface area contributed by atoms with Gasteiger partial charge in [-0.05, 0) is 13.0 Å². The SMILES string of the molecule is CCN(C(=O)CCS(=O)(=O)CC1CC1(F)F)c1sc(-c2ccc[n+](O)c2)nc1Cl. The Bertz CT molecular complexity index is 1030. The van der Waals surface area contributed by atoms with Crippen molar-refractivity contribution in [3.05, 3.63) is 29.7 Å². The molecule has 1 aliphatic carbocycles. The van der Waals surface area contributed by atoms with Crippen molar-refractivity contribution < 1.29 is 31.9 Å². The molecule has 1 amide bonds. The lowest BCUT2D eigenvalue weighted by Crippen LogP contribution is -2.32. The van der Waals surface area contributed by atoms with Crippen LogP contribution in [0.3, 0.4) is 0 Å². The molecule has 7 nitrogen and oxygen atoms in total. The summed E-state index contributed by atoms with van der Waals surface area (Å²) in [5, 5.41) is 10.4. The number of carbonyl (C=O) groups excluding carboxylic acids is 1. The summed E-state index contributed by atoms with van der Waals surface area (Å²) >= 11 is 7.31. The average Bonchev–Trinajstić information content (AvgIpc) is 3.04. The van der Waals surface area contributed by atoms with Crippen LogP contribution in [0.2, 0.25) is 5.15 Å². The van der Waals surface area contributed by atoms with Crippen LogP contribution in [0.25, 0.3) is 10.6 Å². The van der Waals surface area contributed by atoms with E-state index in [1.165, 1.54) is 17.3 Å². The van der Waals surface area contributed by atoms with E-state index in [2.05, 4.69) is 4.98 Å². The molecular formula is C17H19ClF2N3O4S2+. The fourth-order valence-corrected chi connectivity index (χ4v) is 5.83. The van der Waals surface area contributed by atoms with Crippen molar-refractivity contribution in [2.75, 3.05) is 23.0 Å². The number of anilines is 1. The fraction of sp³-hybridized carbons (Fsp3) is 0.471. The van der Waals surface area contributed by atoms with E-state index in [0.29, 0.717) is 15.6 Å². The van der Waals surface area contributed by atoms with Gasteiger partial charge in [0.25, 0.3) is 5.92 Å². The summed E-state index contributed by atoms with van der Waals surface area (Å²) < 4.78 is 50.9. The summed E-state index contributed by atoms with van der Waals surface area (Å²) in [5.41, 5.74) is 0.588. The molecule has 0 aliphatic heterocycles. The van der Waals surface area contributed by atoms with Crippen molar-refractivity contribution in [3.63, 3.8) is 0 Å². The van der Waals surface area contributed by atoms with Gasteiger partial charge < -0.3 is 4.90 Å². The van der Waals surface area contributed by atoms with E-state index in [9.17, 15) is 27.2 Å². The zero-order valence-electron chi connectivity index (χ0n) is 15.4. The molecule has 1 unspecified atom stereocenters. The predicted molar refractivity (Wildman–Crippen MR) is 104 cm³/mol. The van der Waals surface area contributed by atoms with E-state index in [1.807, 2.05) is 0 Å². The molecule has 1 fully saturated rings. The minimum absolute atomic E-state index is 0.0778. The minimum Gasteiger partial charge on any atom is -0.301 e. The molecule has 1 atom stereocenters. The number of halogens is 3. The maximum Gasteiger partial charge on any atom is 0.252 e. The number of nitrogens with zero attached hydrogens (tertiary/aromatic N) is 3. The Kier molecular flexibility index (Phi) is 6.11. The normalized spacial score (nSPS) is 17.9. The topological polar surface area (TPSA) is 91.5 Å². The third-order valence-corrected chi connectivity index (χ3v) is 7.74. The number of rotatable bonds is 8. The molecule has 0 radical (unpaired) electrons. The number of amides is 1. The first kappa shape index (κ1) is 21.8. The highest BCUT2D eigenvalue weighted by atomic mass is 35.5. The van der Waals surface area contributed by atoms with Crippen LogP contribution in [0.4, 0.5) is 13.8 Å². The second-order valence-electron chi connectivity index (χ2n) is 6.75. The third-order valence-electron chi connectivity index (χ3n) is 4.50. The van der Waals surface area contributed by atoms with Crippen LogP contribution in [0, 0.1) is 5.92 Å². The Morgan fingerprint density at radius 2 is 2.21 bits per heavy atom. The predicted octanol–water partition coefficient (Wildman–Crippen LogP) is 2.80. The molecule has 0 spiro atoms. The van der Waals surface area contributed by atoms with Gasteiger partial charge in [0.2, 0.25) is 18.3 Å². The molecule has 29 heavy (non-hydrogen) atoms. The van der Waals surface area contributed by atoms with Crippen LogP contribution >= 0.6 is 22.9 Å². The van der Waals surface area contributed by atoms with Gasteiger partial charge in [0, 0.05) is 36.1 Å². The summed E-state index contributed by atoms with van der Waals surface area (Å²) in [5.74, 6) is -5.66. The number of hydrogen-bond donors (Lipinski definition) is 1. The van der Waals surface area contributed by atoms with Gasteiger partial charge >= 0.3 is 0 Å². The van der Waals surface area contributed by atoms with Gasteiger partial charge in [-0.25, -0.2) is 22.2 Å². The van der Waals surface area contributed by atoms with Gasteiger partial charge in [-0.15, -0.1) is 0 Å². The molecule has 2 aromatic rings. The van der Waals surface area contributed by atoms with Crippen molar-refractivity contribution in [3.8, 4) is 10.6 Å². The molecule has 2 heterocycles. The monoisotopic (exact) mass is 466 g/mol. The Morgan fingerprint density at radius 1 is 1.52 bits per heavy atom. The van der Waals surface area contributed by atoms with Crippen molar-refractivity contribution in [1.29, 1.82) is 0 Å². The minimum atomic E-state index is -3.76. The van der Waals surface area contributed by atoms with Gasteiger partial charge in [0.1, 0.15) is 10.0 Å². The molecule has 1 N–H and O–H groups in total. The van der Waals surface area contributed by atoms with Crippen LogP contribution in [0.1, 0.15) is 19.8 Å². The number of hydrogen-bond acceptors (Lipinski definition) is 6. The van der Waals surface area contributed by atoms with Gasteiger partial charge in [0.05, 0.1) is 17.1 Å². The van der Waals surface area contributed by atoms with E-state index < -0.39 is 45.5 Å². The number of carbonyl (C=O) groups is 1. The number of pyridine rings is 1. The maximum absolute atomic E-state index is 13.0. The van der Waals surface area contributed by atoms with Crippen LogP contribution < -0.4 is 9.63 Å². The average molecular weight is 467 g/mol. The van der Waals surface area contributed by atoms with Crippen molar-refractivity contribution in [1.82, 2.24) is 4.98 Å². The fourth-order valence-electron chi connectivity index (χ4n) is 2.82. The molecule has 1 saturated carbocycles. The molecule has 0 aromatic carbocycles. The maximum atomic E-state index is 13.0. The lowest BCUT2D eigenvalue weighted by Gasteiger charge is -2.19. The Hall–Kier alpha value is -1.85. The first-order valence-electron chi connectivity index (χ1n) is 8.78. The zero-order chi connectivity index (χ0) is 21.4. The molecule has 1 aliphatic rings. The summed E-state index contributed by atoms with van der Waals surface area (Å²) in [6.45, 7) is 1.94. The van der Waals surface area contributed by atoms with Gasteiger partial charge in [0.15, 0.2) is 15.0 Å². The van der Waals surface area contributed by atoms with E-state index in [4.69, 9.17) is 11.6 Å². The van der Waals surface area contributed by atoms with E-state index >= 15 is 0 Å². The summed E-state index contributed by atoms with van der Waals surface area (Å²) in [4.78, 5) is 18.1. The second-order valence-corrected chi connectivity index (χ2v) is 10.3. The lowest BCUT2D eigenvalue weighted by molar-refractivity contribution is -0.904. The quantitative estimate of drug-likeness (QED) is 0.477. The Labute approximate surface area is 175 Å².